The van der Waals surface area contributed by atoms with Crippen LogP contribution in [0.1, 0.15) is 16.7 Å². The van der Waals surface area contributed by atoms with Crippen LogP contribution in [0.3, 0.4) is 0 Å². The van der Waals surface area contributed by atoms with Crippen molar-refractivity contribution in [2.24, 2.45) is 0 Å². The molecule has 2 aromatic rings. The van der Waals surface area contributed by atoms with Gasteiger partial charge in [0, 0.05) is 6.42 Å². The van der Waals surface area contributed by atoms with Crippen LogP contribution in [0.15, 0.2) is 30.3 Å². The first-order chi connectivity index (χ1) is 7.24. The zero-order valence-electron chi connectivity index (χ0n) is 9.08. The number of benzene rings is 2. The summed E-state index contributed by atoms with van der Waals surface area (Å²) in [5.41, 5.74) is 3.61. The van der Waals surface area contributed by atoms with E-state index in [9.17, 15) is 4.79 Å². The van der Waals surface area contributed by atoms with Crippen molar-refractivity contribution in [1.82, 2.24) is 0 Å². The molecule has 0 N–H and O–H groups in total. The molecule has 0 heterocycles. The van der Waals surface area contributed by atoms with Gasteiger partial charge in [0.15, 0.2) is 0 Å². The molecule has 0 bridgehead atoms. The van der Waals surface area contributed by atoms with Crippen LogP contribution in [0.4, 0.5) is 0 Å². The van der Waals surface area contributed by atoms with Gasteiger partial charge in [-0.2, -0.15) is 0 Å². The highest BCUT2D eigenvalue weighted by atomic mass is 16.1. The highest BCUT2D eigenvalue weighted by Gasteiger charge is 2.05. The molecule has 0 atom stereocenters. The average molecular weight is 198 g/mol. The molecule has 0 saturated carbocycles. The van der Waals surface area contributed by atoms with Gasteiger partial charge in [-0.05, 0) is 41.3 Å². The van der Waals surface area contributed by atoms with E-state index in [0.717, 1.165) is 6.29 Å². The number of hydrogen-bond acceptors (Lipinski definition) is 1. The molecule has 0 fully saturated rings. The fraction of sp³-hybridized carbons (Fsp3) is 0.214. The van der Waals surface area contributed by atoms with Gasteiger partial charge >= 0.3 is 0 Å². The van der Waals surface area contributed by atoms with Gasteiger partial charge in [-0.25, -0.2) is 0 Å². The molecule has 0 aliphatic carbocycles. The van der Waals surface area contributed by atoms with E-state index in [1.807, 2.05) is 0 Å². The molecule has 15 heavy (non-hydrogen) atoms. The topological polar surface area (TPSA) is 17.1 Å². The van der Waals surface area contributed by atoms with Gasteiger partial charge in [0.2, 0.25) is 0 Å². The highest BCUT2D eigenvalue weighted by Crippen LogP contribution is 2.25. The molecule has 2 aromatic carbocycles. The molecular formula is C14H14O. The van der Waals surface area contributed by atoms with Gasteiger partial charge in [-0.15, -0.1) is 0 Å². The first kappa shape index (κ1) is 9.91. The van der Waals surface area contributed by atoms with E-state index in [2.05, 4.69) is 44.2 Å². The third-order valence-corrected chi connectivity index (χ3v) is 2.88. The maximum atomic E-state index is 10.7. The number of aryl methyl sites for hydroxylation is 2. The van der Waals surface area contributed by atoms with Gasteiger partial charge in [-0.3, -0.25) is 0 Å². The van der Waals surface area contributed by atoms with E-state index < -0.39 is 0 Å². The predicted molar refractivity (Wildman–Crippen MR) is 63.2 cm³/mol. The zero-order chi connectivity index (χ0) is 10.8. The molecule has 0 spiro atoms. The summed E-state index contributed by atoms with van der Waals surface area (Å²) in [6.45, 7) is 4.15. The molecule has 0 aliphatic rings. The Morgan fingerprint density at radius 1 is 1.07 bits per heavy atom. The smallest absolute Gasteiger partial charge is 0.124 e. The highest BCUT2D eigenvalue weighted by molar-refractivity contribution is 5.91. The molecule has 0 aromatic heterocycles. The molecule has 0 amide bonds. The van der Waals surface area contributed by atoms with Gasteiger partial charge < -0.3 is 4.79 Å². The Labute approximate surface area is 89.7 Å². The first-order valence-electron chi connectivity index (χ1n) is 5.15. The van der Waals surface area contributed by atoms with Gasteiger partial charge in [-0.1, -0.05) is 30.3 Å². The summed E-state index contributed by atoms with van der Waals surface area (Å²) in [5.74, 6) is 0. The minimum atomic E-state index is 0.508. The van der Waals surface area contributed by atoms with Crippen LogP contribution >= 0.6 is 0 Å². The van der Waals surface area contributed by atoms with E-state index in [-0.39, 0.29) is 0 Å². The third kappa shape index (κ3) is 1.65. The summed E-state index contributed by atoms with van der Waals surface area (Å²) in [6, 6.07) is 10.4. The van der Waals surface area contributed by atoms with E-state index in [4.69, 9.17) is 0 Å². The van der Waals surface area contributed by atoms with E-state index >= 15 is 0 Å². The summed E-state index contributed by atoms with van der Waals surface area (Å²) in [5, 5.41) is 2.46. The Balaban J connectivity index is 2.84. The molecular weight excluding hydrogens is 184 g/mol. The van der Waals surface area contributed by atoms with Crippen molar-refractivity contribution in [2.45, 2.75) is 20.3 Å². The standard InChI is InChI=1S/C14H14O/c1-10-6-7-12-5-3-4-11(2)14(12)13(10)8-9-15/h3-7,9H,8H2,1-2H3. The number of aldehydes is 1. The lowest BCUT2D eigenvalue weighted by Crippen LogP contribution is -1.94. The maximum absolute atomic E-state index is 10.7. The second-order valence-corrected chi connectivity index (χ2v) is 3.90. The number of hydrogen-bond donors (Lipinski definition) is 0. The Morgan fingerprint density at radius 3 is 2.60 bits per heavy atom. The summed E-state index contributed by atoms with van der Waals surface area (Å²) >= 11 is 0. The zero-order valence-corrected chi connectivity index (χ0v) is 9.08. The lowest BCUT2D eigenvalue weighted by molar-refractivity contribution is -0.107. The largest absolute Gasteiger partial charge is 0.303 e. The van der Waals surface area contributed by atoms with Crippen LogP contribution in [0.25, 0.3) is 10.8 Å². The summed E-state index contributed by atoms with van der Waals surface area (Å²) in [4.78, 5) is 10.7. The lowest BCUT2D eigenvalue weighted by Gasteiger charge is -2.10. The molecule has 76 valence electrons. The van der Waals surface area contributed by atoms with Crippen LogP contribution in [0.2, 0.25) is 0 Å². The summed E-state index contributed by atoms with van der Waals surface area (Å²) in [7, 11) is 0. The van der Waals surface area contributed by atoms with Crippen LogP contribution < -0.4 is 0 Å². The molecule has 0 unspecified atom stereocenters. The second-order valence-electron chi connectivity index (χ2n) is 3.90. The van der Waals surface area contributed by atoms with Crippen molar-refractivity contribution in [2.75, 3.05) is 0 Å². The van der Waals surface area contributed by atoms with E-state index in [1.165, 1.54) is 27.5 Å². The van der Waals surface area contributed by atoms with Crippen LogP contribution in [0.5, 0.6) is 0 Å². The number of carbonyl (C=O) groups is 1. The number of carbonyl (C=O) groups excluding carboxylic acids is 1. The molecule has 0 radical (unpaired) electrons. The summed E-state index contributed by atoms with van der Waals surface area (Å²) in [6.07, 6.45) is 1.49. The lowest BCUT2D eigenvalue weighted by atomic mass is 9.95. The quantitative estimate of drug-likeness (QED) is 0.677. The predicted octanol–water partition coefficient (Wildman–Crippen LogP) is 3.20. The van der Waals surface area contributed by atoms with Crippen molar-refractivity contribution >= 4 is 17.1 Å². The molecule has 2 rings (SSSR count). The minimum absolute atomic E-state index is 0.508. The van der Waals surface area contributed by atoms with Crippen molar-refractivity contribution in [3.8, 4) is 0 Å². The van der Waals surface area contributed by atoms with Crippen LogP contribution in [-0.4, -0.2) is 6.29 Å². The Hall–Kier alpha value is -1.63. The fourth-order valence-corrected chi connectivity index (χ4v) is 2.10. The Morgan fingerprint density at radius 2 is 1.87 bits per heavy atom. The average Bonchev–Trinajstić information content (AvgIpc) is 2.23. The van der Waals surface area contributed by atoms with Gasteiger partial charge in [0.05, 0.1) is 0 Å². The van der Waals surface area contributed by atoms with Gasteiger partial charge in [0.1, 0.15) is 6.29 Å². The minimum Gasteiger partial charge on any atom is -0.303 e. The van der Waals surface area contributed by atoms with Crippen molar-refractivity contribution in [1.29, 1.82) is 0 Å². The van der Waals surface area contributed by atoms with Gasteiger partial charge in [0.25, 0.3) is 0 Å². The normalized spacial score (nSPS) is 10.5. The molecule has 1 heteroatoms. The van der Waals surface area contributed by atoms with E-state index in [1.54, 1.807) is 0 Å². The van der Waals surface area contributed by atoms with Crippen molar-refractivity contribution in [3.63, 3.8) is 0 Å². The van der Waals surface area contributed by atoms with Crippen molar-refractivity contribution in [3.05, 3.63) is 47.0 Å². The Kier molecular flexibility index (Phi) is 2.55. The molecule has 1 nitrogen and oxygen atoms in total. The second kappa shape index (κ2) is 3.85. The first-order valence-corrected chi connectivity index (χ1v) is 5.15. The maximum Gasteiger partial charge on any atom is 0.124 e. The Bertz CT molecular complexity index is 512. The molecule has 0 aliphatic heterocycles. The number of rotatable bonds is 2. The monoisotopic (exact) mass is 198 g/mol. The number of fused-ring (bicyclic) bond motifs is 1. The van der Waals surface area contributed by atoms with E-state index in [0.29, 0.717) is 6.42 Å². The van der Waals surface area contributed by atoms with Crippen LogP contribution in [-0.2, 0) is 11.2 Å². The van der Waals surface area contributed by atoms with Crippen molar-refractivity contribution < 1.29 is 4.79 Å². The third-order valence-electron chi connectivity index (χ3n) is 2.88. The molecule has 0 saturated heterocycles. The summed E-state index contributed by atoms with van der Waals surface area (Å²) < 4.78 is 0. The van der Waals surface area contributed by atoms with Crippen LogP contribution in [0, 0.1) is 13.8 Å². The SMILES string of the molecule is Cc1ccc2cccc(C)c2c1CC=O. The fourth-order valence-electron chi connectivity index (χ4n) is 2.10.